The highest BCUT2D eigenvalue weighted by Gasteiger charge is 2.08. The van der Waals surface area contributed by atoms with Crippen LogP contribution in [0, 0.1) is 0 Å². The summed E-state index contributed by atoms with van der Waals surface area (Å²) in [6, 6.07) is 11.7. The molecule has 3 N–H and O–H groups in total. The molecule has 0 bridgehead atoms. The van der Waals surface area contributed by atoms with Crippen LogP contribution >= 0.6 is 15.9 Å². The summed E-state index contributed by atoms with van der Waals surface area (Å²) in [5, 5.41) is 2.71. The number of anilines is 1. The highest BCUT2D eigenvalue weighted by Crippen LogP contribution is 2.16. The van der Waals surface area contributed by atoms with Gasteiger partial charge in [0.05, 0.1) is 0 Å². The molecule has 0 aliphatic carbocycles. The lowest BCUT2D eigenvalue weighted by atomic mass is 10.3. The van der Waals surface area contributed by atoms with Crippen LogP contribution in [0.4, 0.5) is 5.69 Å². The van der Waals surface area contributed by atoms with Crippen LogP contribution < -0.4 is 15.8 Å². The van der Waals surface area contributed by atoms with Crippen LogP contribution in [-0.2, 0) is 4.79 Å². The van der Waals surface area contributed by atoms with Crippen LogP contribution in [0.5, 0.6) is 5.75 Å². The first-order valence-corrected chi connectivity index (χ1v) is 6.79. The molecule has 0 atom stereocenters. The molecule has 108 valence electrons. The van der Waals surface area contributed by atoms with E-state index >= 15 is 0 Å². The van der Waals surface area contributed by atoms with Crippen molar-refractivity contribution in [2.24, 2.45) is 5.73 Å². The van der Waals surface area contributed by atoms with Gasteiger partial charge in [-0.25, -0.2) is 4.98 Å². The third-order valence-corrected chi connectivity index (χ3v) is 2.88. The topological polar surface area (TPSA) is 94.3 Å². The Kier molecular flexibility index (Phi) is 4.89. The first-order valence-electron chi connectivity index (χ1n) is 5.99. The SMILES string of the molecule is NC(=O)COc1ccc(NC(=O)c2cccc(Br)n2)cc1. The number of hydrogen-bond donors (Lipinski definition) is 2. The Morgan fingerprint density at radius 1 is 1.19 bits per heavy atom. The van der Waals surface area contributed by atoms with E-state index < -0.39 is 5.91 Å². The lowest BCUT2D eigenvalue weighted by molar-refractivity contribution is -0.119. The summed E-state index contributed by atoms with van der Waals surface area (Å²) in [6.07, 6.45) is 0. The summed E-state index contributed by atoms with van der Waals surface area (Å²) in [7, 11) is 0. The number of nitrogens with two attached hydrogens (primary N) is 1. The fraction of sp³-hybridized carbons (Fsp3) is 0.0714. The largest absolute Gasteiger partial charge is 0.484 e. The van der Waals surface area contributed by atoms with Crippen LogP contribution in [-0.4, -0.2) is 23.4 Å². The maximum Gasteiger partial charge on any atom is 0.274 e. The highest BCUT2D eigenvalue weighted by molar-refractivity contribution is 9.10. The van der Waals surface area contributed by atoms with Crippen LogP contribution in [0.1, 0.15) is 10.5 Å². The molecule has 0 fully saturated rings. The first-order chi connectivity index (χ1) is 10.0. The Morgan fingerprint density at radius 2 is 1.90 bits per heavy atom. The molecule has 2 rings (SSSR count). The van der Waals surface area contributed by atoms with E-state index in [0.29, 0.717) is 21.7 Å². The molecule has 2 aromatic rings. The minimum Gasteiger partial charge on any atom is -0.484 e. The van der Waals surface area contributed by atoms with E-state index in [9.17, 15) is 9.59 Å². The van der Waals surface area contributed by atoms with E-state index in [2.05, 4.69) is 26.2 Å². The highest BCUT2D eigenvalue weighted by atomic mass is 79.9. The molecule has 0 saturated carbocycles. The summed E-state index contributed by atoms with van der Waals surface area (Å²) in [5.41, 5.74) is 5.88. The second-order valence-corrected chi connectivity index (χ2v) is 4.89. The minimum absolute atomic E-state index is 0.187. The monoisotopic (exact) mass is 349 g/mol. The number of amides is 2. The van der Waals surface area contributed by atoms with Crippen molar-refractivity contribution >= 4 is 33.4 Å². The number of halogens is 1. The maximum absolute atomic E-state index is 12.0. The number of nitrogens with one attached hydrogen (secondary N) is 1. The van der Waals surface area contributed by atoms with E-state index in [-0.39, 0.29) is 12.5 Å². The lowest BCUT2D eigenvalue weighted by Gasteiger charge is -2.07. The van der Waals surface area contributed by atoms with Gasteiger partial charge in [-0.05, 0) is 52.3 Å². The van der Waals surface area contributed by atoms with Crippen molar-refractivity contribution < 1.29 is 14.3 Å². The number of carbonyl (C=O) groups excluding carboxylic acids is 2. The number of primary amides is 1. The van der Waals surface area contributed by atoms with Gasteiger partial charge in [-0.2, -0.15) is 0 Å². The number of ether oxygens (including phenoxy) is 1. The van der Waals surface area contributed by atoms with Crippen LogP contribution in [0.2, 0.25) is 0 Å². The van der Waals surface area contributed by atoms with Crippen molar-refractivity contribution in [2.75, 3.05) is 11.9 Å². The van der Waals surface area contributed by atoms with Crippen molar-refractivity contribution in [3.63, 3.8) is 0 Å². The van der Waals surface area contributed by atoms with E-state index in [4.69, 9.17) is 10.5 Å². The average molecular weight is 350 g/mol. The Balaban J connectivity index is 2.00. The second kappa shape index (κ2) is 6.85. The van der Waals surface area contributed by atoms with Gasteiger partial charge in [0, 0.05) is 5.69 Å². The average Bonchev–Trinajstić information content (AvgIpc) is 2.46. The zero-order valence-electron chi connectivity index (χ0n) is 10.9. The molecule has 0 spiro atoms. The van der Waals surface area contributed by atoms with Crippen molar-refractivity contribution in [1.82, 2.24) is 4.98 Å². The predicted molar refractivity (Wildman–Crippen MR) is 81.0 cm³/mol. The fourth-order valence-electron chi connectivity index (χ4n) is 1.52. The molecule has 21 heavy (non-hydrogen) atoms. The molecule has 7 heteroatoms. The molecule has 6 nitrogen and oxygen atoms in total. The van der Waals surface area contributed by atoms with Crippen molar-refractivity contribution in [2.45, 2.75) is 0 Å². The van der Waals surface area contributed by atoms with E-state index in [1.54, 1.807) is 42.5 Å². The maximum atomic E-state index is 12.0. The van der Waals surface area contributed by atoms with Gasteiger partial charge in [0.1, 0.15) is 16.0 Å². The number of hydrogen-bond acceptors (Lipinski definition) is 4. The van der Waals surface area contributed by atoms with Gasteiger partial charge in [0.2, 0.25) is 0 Å². The van der Waals surface area contributed by atoms with Gasteiger partial charge >= 0.3 is 0 Å². The molecular weight excluding hydrogens is 338 g/mol. The summed E-state index contributed by atoms with van der Waals surface area (Å²) in [5.74, 6) is -0.373. The van der Waals surface area contributed by atoms with Gasteiger partial charge in [0.15, 0.2) is 6.61 Å². The number of rotatable bonds is 5. The first kappa shape index (κ1) is 15.0. The van der Waals surface area contributed by atoms with Gasteiger partial charge in [-0.1, -0.05) is 6.07 Å². The number of pyridine rings is 1. The van der Waals surface area contributed by atoms with Crippen molar-refractivity contribution in [1.29, 1.82) is 0 Å². The molecule has 1 aromatic carbocycles. The molecule has 0 saturated heterocycles. The summed E-state index contributed by atoms with van der Waals surface area (Å²) >= 11 is 3.21. The zero-order valence-corrected chi connectivity index (χ0v) is 12.5. The van der Waals surface area contributed by atoms with Gasteiger partial charge in [-0.3, -0.25) is 9.59 Å². The molecule has 0 radical (unpaired) electrons. The Morgan fingerprint density at radius 3 is 2.52 bits per heavy atom. The van der Waals surface area contributed by atoms with Gasteiger partial charge in [-0.15, -0.1) is 0 Å². The van der Waals surface area contributed by atoms with Crippen molar-refractivity contribution in [3.05, 3.63) is 52.8 Å². The Hall–Kier alpha value is -2.41. The minimum atomic E-state index is -0.548. The van der Waals surface area contributed by atoms with Crippen LogP contribution in [0.25, 0.3) is 0 Å². The van der Waals surface area contributed by atoms with E-state index in [0.717, 1.165) is 0 Å². The smallest absolute Gasteiger partial charge is 0.274 e. The van der Waals surface area contributed by atoms with Crippen LogP contribution in [0.15, 0.2) is 47.1 Å². The van der Waals surface area contributed by atoms with E-state index in [1.807, 2.05) is 0 Å². The van der Waals surface area contributed by atoms with Crippen molar-refractivity contribution in [3.8, 4) is 5.75 Å². The molecule has 1 heterocycles. The number of nitrogens with zero attached hydrogens (tertiary/aromatic N) is 1. The summed E-state index contributed by atoms with van der Waals surface area (Å²) < 4.78 is 5.71. The molecule has 1 aromatic heterocycles. The number of carbonyl (C=O) groups is 2. The third-order valence-electron chi connectivity index (χ3n) is 2.44. The number of benzene rings is 1. The zero-order chi connectivity index (χ0) is 15.2. The van der Waals surface area contributed by atoms with Crippen LogP contribution in [0.3, 0.4) is 0 Å². The fourth-order valence-corrected chi connectivity index (χ4v) is 1.86. The molecule has 0 unspecified atom stereocenters. The quantitative estimate of drug-likeness (QED) is 0.806. The van der Waals surface area contributed by atoms with E-state index in [1.165, 1.54) is 0 Å². The molecule has 0 aliphatic heterocycles. The Labute approximate surface area is 129 Å². The lowest BCUT2D eigenvalue weighted by Crippen LogP contribution is -2.20. The second-order valence-electron chi connectivity index (χ2n) is 4.08. The molecule has 2 amide bonds. The van der Waals surface area contributed by atoms with Gasteiger partial charge < -0.3 is 15.8 Å². The summed E-state index contributed by atoms with van der Waals surface area (Å²) in [6.45, 7) is -0.187. The van der Waals surface area contributed by atoms with Gasteiger partial charge in [0.25, 0.3) is 11.8 Å². The predicted octanol–water partition coefficient (Wildman–Crippen LogP) is 1.96. The summed E-state index contributed by atoms with van der Waals surface area (Å²) in [4.78, 5) is 26.6. The Bertz CT molecular complexity index is 659. The molecule has 0 aliphatic rings. The number of aromatic nitrogens is 1. The standard InChI is InChI=1S/C14H12BrN3O3/c15-12-3-1-2-11(18-12)14(20)17-9-4-6-10(7-5-9)21-8-13(16)19/h1-7H,8H2,(H2,16,19)(H,17,20). The third kappa shape index (κ3) is 4.57. The molecular formula is C14H12BrN3O3. The normalized spacial score (nSPS) is 9.95.